The van der Waals surface area contributed by atoms with E-state index in [1.165, 1.54) is 38.6 Å². The van der Waals surface area contributed by atoms with E-state index in [0.717, 1.165) is 66.9 Å². The second-order valence-corrected chi connectivity index (χ2v) is 23.3. The smallest absolute Gasteiger partial charge is 0.0798 e. The average Bonchev–Trinajstić information content (AvgIpc) is 3.81. The topological polar surface area (TPSA) is 43.6 Å². The summed E-state index contributed by atoms with van der Waals surface area (Å²) < 4.78 is 2.29. The first-order valence-corrected chi connectivity index (χ1v) is 25.0. The van der Waals surface area contributed by atoms with Gasteiger partial charge >= 0.3 is 0 Å². The number of benzene rings is 5. The van der Waals surface area contributed by atoms with E-state index in [9.17, 15) is 0 Å². The van der Waals surface area contributed by atoms with Gasteiger partial charge in [-0.05, 0) is 100 Å². The van der Waals surface area contributed by atoms with Gasteiger partial charge in [-0.1, -0.05) is 137 Å². The van der Waals surface area contributed by atoms with Crippen LogP contribution in [0.1, 0.15) is 55.9 Å². The van der Waals surface area contributed by atoms with Crippen molar-refractivity contribution in [3.05, 3.63) is 161 Å². The molecule has 0 fully saturated rings. The van der Waals surface area contributed by atoms with Gasteiger partial charge in [0.05, 0.1) is 30.4 Å². The number of thiophene rings is 1. The van der Waals surface area contributed by atoms with E-state index in [2.05, 4.69) is 192 Å². The third kappa shape index (κ3) is 8.73. The van der Waals surface area contributed by atoms with E-state index in [4.69, 9.17) is 9.97 Å². The first kappa shape index (κ1) is 43.1. The molecule has 0 bridgehead atoms. The second kappa shape index (κ2) is 17.9. The molecular formula is C53H52IrN4SSi-2. The number of aryl methyl sites for hydroxylation is 2. The summed E-state index contributed by atoms with van der Waals surface area (Å²) in [5.41, 5.74) is 15.1. The zero-order valence-electron chi connectivity index (χ0n) is 36.0. The van der Waals surface area contributed by atoms with Gasteiger partial charge in [0.2, 0.25) is 0 Å². The minimum absolute atomic E-state index is 0. The average molecular weight is 997 g/mol. The fourth-order valence-electron chi connectivity index (χ4n) is 8.31. The molecule has 0 saturated heterocycles. The summed E-state index contributed by atoms with van der Waals surface area (Å²) in [7, 11) is -1.34. The monoisotopic (exact) mass is 997 g/mol. The van der Waals surface area contributed by atoms with Crippen LogP contribution in [-0.4, -0.2) is 27.6 Å². The van der Waals surface area contributed by atoms with Gasteiger partial charge in [-0.3, -0.25) is 9.97 Å². The predicted molar refractivity (Wildman–Crippen MR) is 255 cm³/mol. The van der Waals surface area contributed by atoms with Gasteiger partial charge in [0.25, 0.3) is 0 Å². The Balaban J connectivity index is 0.000000220. The quantitative estimate of drug-likeness (QED) is 0.113. The van der Waals surface area contributed by atoms with Crippen LogP contribution in [0, 0.1) is 31.2 Å². The summed E-state index contributed by atoms with van der Waals surface area (Å²) >= 11 is 1.57. The van der Waals surface area contributed by atoms with Crippen LogP contribution < -0.4 is 5.19 Å². The molecule has 4 nitrogen and oxygen atoms in total. The van der Waals surface area contributed by atoms with Crippen molar-refractivity contribution in [3.8, 4) is 39.5 Å². The molecule has 7 heteroatoms. The zero-order chi connectivity index (χ0) is 41.4. The molecule has 0 atom stereocenters. The number of para-hydroxylation sites is 3. The predicted octanol–water partition coefficient (Wildman–Crippen LogP) is 14.0. The molecule has 0 N–H and O–H groups in total. The Kier molecular flexibility index (Phi) is 12.8. The van der Waals surface area contributed by atoms with Crippen LogP contribution in [-0.2, 0) is 26.5 Å². The van der Waals surface area contributed by atoms with Crippen molar-refractivity contribution in [2.45, 2.75) is 73.5 Å². The Morgan fingerprint density at radius 2 is 1.48 bits per heavy atom. The maximum absolute atomic E-state index is 5.16. The summed E-state index contributed by atoms with van der Waals surface area (Å²) in [6.45, 7) is 20.6. The second-order valence-electron chi connectivity index (χ2n) is 17.4. The zero-order valence-corrected chi connectivity index (χ0v) is 40.2. The fourth-order valence-corrected chi connectivity index (χ4v) is 10.7. The van der Waals surface area contributed by atoms with E-state index < -0.39 is 8.07 Å². The molecular weight excluding hydrogens is 945 g/mol. The fraction of sp³-hybridized carbons (Fsp3) is 0.226. The molecule has 305 valence electrons. The standard InChI is InChI=1S/C35H28N3S.C18H24NSi.Ir/c1-21(2)27-14-10-13-25-19-28-29(20-39-35(28)37-33(25)27)34-36-30-15-8-9-16-31(30)38(34)26-17-22(3)32(23(4)18-26)24-11-6-5-7-12-24;1-14(2)11-16-12-17(15-9-7-6-8-10-15)19-13-18(16)20(3,4)5;/h5-19,21H,1-4H3;6-9,12-14H,11H2,1-5H3;/q2*-1;. The summed E-state index contributed by atoms with van der Waals surface area (Å²) in [6, 6.07) is 45.9. The van der Waals surface area contributed by atoms with Crippen LogP contribution in [0.25, 0.3) is 71.6 Å². The normalized spacial score (nSPS) is 11.7. The van der Waals surface area contributed by atoms with Gasteiger partial charge in [0.1, 0.15) is 0 Å². The number of fused-ring (bicyclic) bond motifs is 3. The van der Waals surface area contributed by atoms with E-state index in [1.807, 2.05) is 18.2 Å². The molecule has 4 heterocycles. The van der Waals surface area contributed by atoms with E-state index in [-0.39, 0.29) is 20.1 Å². The molecule has 0 aliphatic heterocycles. The van der Waals surface area contributed by atoms with Crippen LogP contribution in [0.2, 0.25) is 19.6 Å². The van der Waals surface area contributed by atoms with Crippen molar-refractivity contribution in [1.82, 2.24) is 19.5 Å². The van der Waals surface area contributed by atoms with Crippen molar-refractivity contribution < 1.29 is 20.1 Å². The molecule has 0 saturated carbocycles. The summed E-state index contributed by atoms with van der Waals surface area (Å²) in [4.78, 5) is 16.0. The maximum atomic E-state index is 5.16. The van der Waals surface area contributed by atoms with Crippen LogP contribution in [0.15, 0.2) is 128 Å². The van der Waals surface area contributed by atoms with Crippen LogP contribution in [0.5, 0.6) is 0 Å². The Morgan fingerprint density at radius 3 is 2.17 bits per heavy atom. The van der Waals surface area contributed by atoms with E-state index in [1.54, 1.807) is 11.3 Å². The molecule has 0 spiro atoms. The number of aromatic nitrogens is 4. The summed E-state index contributed by atoms with van der Waals surface area (Å²) in [5.74, 6) is 1.98. The number of rotatable bonds is 8. The molecule has 4 aromatic heterocycles. The van der Waals surface area contributed by atoms with Gasteiger partial charge in [-0.2, -0.15) is 0 Å². The number of nitrogens with zero attached hydrogens (tertiary/aromatic N) is 4. The molecule has 60 heavy (non-hydrogen) atoms. The third-order valence-electron chi connectivity index (χ3n) is 11.0. The molecule has 9 aromatic rings. The minimum atomic E-state index is -1.34. The number of pyridine rings is 2. The first-order chi connectivity index (χ1) is 28.4. The minimum Gasteiger partial charge on any atom is -0.333 e. The Bertz CT molecular complexity index is 2900. The molecule has 0 amide bonds. The van der Waals surface area contributed by atoms with Crippen LogP contribution in [0.4, 0.5) is 0 Å². The third-order valence-corrected chi connectivity index (χ3v) is 13.9. The molecule has 0 aliphatic rings. The maximum Gasteiger partial charge on any atom is 0.0798 e. The van der Waals surface area contributed by atoms with Gasteiger partial charge in [0, 0.05) is 36.8 Å². The van der Waals surface area contributed by atoms with Gasteiger partial charge in [0.15, 0.2) is 0 Å². The van der Waals surface area contributed by atoms with Crippen molar-refractivity contribution in [2.24, 2.45) is 5.92 Å². The van der Waals surface area contributed by atoms with Crippen molar-refractivity contribution in [3.63, 3.8) is 0 Å². The SMILES string of the molecule is CC(C)Cc1cc(-c2[c-]cccc2)ncc1[Si](C)(C)C.Cc1cc(-n2c(-c3[c-]sc4nc5c(C(C)C)cccc5cc34)nc3ccccc32)cc(C)c1-c1ccccc1.[Ir]. The molecule has 0 unspecified atom stereocenters. The van der Waals surface area contributed by atoms with Gasteiger partial charge in [-0.25, -0.2) is 11.3 Å². The van der Waals surface area contributed by atoms with Crippen molar-refractivity contribution >= 4 is 56.8 Å². The van der Waals surface area contributed by atoms with Crippen molar-refractivity contribution in [1.29, 1.82) is 0 Å². The number of imidazole rings is 1. The summed E-state index contributed by atoms with van der Waals surface area (Å²) in [5, 5.41) is 7.33. The Hall–Kier alpha value is -5.04. The Labute approximate surface area is 374 Å². The van der Waals surface area contributed by atoms with E-state index in [0.29, 0.717) is 11.8 Å². The molecule has 0 aliphatic carbocycles. The molecule has 1 radical (unpaired) electrons. The summed E-state index contributed by atoms with van der Waals surface area (Å²) in [6.07, 6.45) is 3.24. The van der Waals surface area contributed by atoms with E-state index >= 15 is 0 Å². The first-order valence-electron chi connectivity index (χ1n) is 20.7. The molecule has 5 aromatic carbocycles. The van der Waals surface area contributed by atoms with Gasteiger partial charge in [-0.15, -0.1) is 41.3 Å². The number of hydrogen-bond donors (Lipinski definition) is 0. The Morgan fingerprint density at radius 1 is 0.767 bits per heavy atom. The van der Waals surface area contributed by atoms with Crippen molar-refractivity contribution in [2.75, 3.05) is 0 Å². The molecule has 9 rings (SSSR count). The largest absolute Gasteiger partial charge is 0.333 e. The van der Waals surface area contributed by atoms with Gasteiger partial charge < -0.3 is 9.55 Å². The van der Waals surface area contributed by atoms with Crippen LogP contribution >= 0.6 is 11.3 Å². The van der Waals surface area contributed by atoms with Crippen LogP contribution in [0.3, 0.4) is 0 Å². The number of hydrogen-bond acceptors (Lipinski definition) is 4.